The molecule has 0 radical (unpaired) electrons. The fourth-order valence-electron chi connectivity index (χ4n) is 0.528. The molecule has 0 spiro atoms. The van der Waals surface area contributed by atoms with Crippen LogP contribution in [0.1, 0.15) is 6.92 Å². The summed E-state index contributed by atoms with van der Waals surface area (Å²) in [5.41, 5.74) is 0.518. The molecule has 70 valence electrons. The summed E-state index contributed by atoms with van der Waals surface area (Å²) >= 11 is 0. The topological polar surface area (TPSA) is 52.6 Å². The average molecular weight is 192 g/mol. The van der Waals surface area contributed by atoms with Gasteiger partial charge in [0.15, 0.2) is 0 Å². The van der Waals surface area contributed by atoms with Gasteiger partial charge in [-0.05, 0) is 12.5 Å². The molecule has 0 aliphatic rings. The van der Waals surface area contributed by atoms with E-state index in [0.29, 0.717) is 11.9 Å². The molecule has 0 aromatic heterocycles. The molecule has 5 heteroatoms. The molecule has 0 unspecified atom stereocenters. The zero-order valence-corrected chi connectivity index (χ0v) is 8.34. The lowest BCUT2D eigenvalue weighted by Crippen LogP contribution is -1.93. The Labute approximate surface area is 72.1 Å². The highest BCUT2D eigenvalue weighted by atomic mass is 31.2. The van der Waals surface area contributed by atoms with E-state index in [0.717, 1.165) is 0 Å². The second kappa shape index (κ2) is 5.25. The number of aldehydes is 1. The summed E-state index contributed by atoms with van der Waals surface area (Å²) in [6.07, 6.45) is 2.35. The third-order valence-corrected chi connectivity index (χ3v) is 3.12. The van der Waals surface area contributed by atoms with E-state index in [-0.39, 0.29) is 6.16 Å². The monoisotopic (exact) mass is 192 g/mol. The van der Waals surface area contributed by atoms with Crippen LogP contribution < -0.4 is 0 Å². The number of carbonyl (C=O) groups is 1. The quantitative estimate of drug-likeness (QED) is 0.377. The van der Waals surface area contributed by atoms with Crippen LogP contribution >= 0.6 is 7.60 Å². The minimum atomic E-state index is -2.98. The van der Waals surface area contributed by atoms with Crippen LogP contribution in [0.4, 0.5) is 0 Å². The van der Waals surface area contributed by atoms with E-state index in [1.54, 1.807) is 6.92 Å². The first-order valence-corrected chi connectivity index (χ1v) is 5.13. The van der Waals surface area contributed by atoms with Gasteiger partial charge in [-0.3, -0.25) is 9.36 Å². The van der Waals surface area contributed by atoms with Crippen LogP contribution in [0.5, 0.6) is 0 Å². The Bertz CT molecular complexity index is 213. The van der Waals surface area contributed by atoms with Gasteiger partial charge >= 0.3 is 7.60 Å². The number of hydrogen-bond donors (Lipinski definition) is 0. The van der Waals surface area contributed by atoms with Crippen molar-refractivity contribution in [2.45, 2.75) is 6.92 Å². The van der Waals surface area contributed by atoms with E-state index in [1.165, 1.54) is 20.3 Å². The van der Waals surface area contributed by atoms with E-state index in [2.05, 4.69) is 9.05 Å². The van der Waals surface area contributed by atoms with Crippen LogP contribution in [0, 0.1) is 0 Å². The maximum atomic E-state index is 11.4. The summed E-state index contributed by atoms with van der Waals surface area (Å²) in [6.45, 7) is 1.63. The van der Waals surface area contributed by atoms with Crippen molar-refractivity contribution in [2.24, 2.45) is 0 Å². The number of hydrogen-bond acceptors (Lipinski definition) is 4. The van der Waals surface area contributed by atoms with Crippen molar-refractivity contribution < 1.29 is 18.4 Å². The molecule has 0 heterocycles. The van der Waals surface area contributed by atoms with Gasteiger partial charge < -0.3 is 9.05 Å². The Morgan fingerprint density at radius 2 is 1.92 bits per heavy atom. The second-order valence-corrected chi connectivity index (χ2v) is 4.54. The molecule has 0 atom stereocenters. The first-order valence-electron chi connectivity index (χ1n) is 3.40. The SMILES string of the molecule is COP(=O)(C/C=C(\C)C=O)OC. The highest BCUT2D eigenvalue weighted by Crippen LogP contribution is 2.46. The molecule has 0 rings (SSSR count). The molecule has 0 saturated heterocycles. The number of carbonyl (C=O) groups excluding carboxylic acids is 1. The standard InChI is InChI=1S/C7H13O4P/c1-7(6-8)4-5-12(9,10-2)11-3/h4,6H,5H2,1-3H3/b7-4+. The largest absolute Gasteiger partial charge is 0.333 e. The lowest BCUT2D eigenvalue weighted by Gasteiger charge is -2.10. The molecule has 0 aromatic rings. The van der Waals surface area contributed by atoms with E-state index >= 15 is 0 Å². The molecule has 0 aliphatic heterocycles. The van der Waals surface area contributed by atoms with Crippen molar-refractivity contribution in [1.29, 1.82) is 0 Å². The van der Waals surface area contributed by atoms with E-state index < -0.39 is 7.60 Å². The van der Waals surface area contributed by atoms with Crippen molar-refractivity contribution in [3.8, 4) is 0 Å². The predicted octanol–water partition coefficient (Wildman–Crippen LogP) is 1.62. The lowest BCUT2D eigenvalue weighted by atomic mass is 10.3. The van der Waals surface area contributed by atoms with Crippen LogP contribution in [0.25, 0.3) is 0 Å². The van der Waals surface area contributed by atoms with Crippen molar-refractivity contribution in [3.63, 3.8) is 0 Å². The Hall–Kier alpha value is -0.440. The summed E-state index contributed by atoms with van der Waals surface area (Å²) in [7, 11) is -0.356. The Morgan fingerprint density at radius 1 is 1.42 bits per heavy atom. The summed E-state index contributed by atoms with van der Waals surface area (Å²) in [5.74, 6) is 0. The third kappa shape index (κ3) is 3.81. The van der Waals surface area contributed by atoms with Gasteiger partial charge in [0.1, 0.15) is 6.29 Å². The molecule has 12 heavy (non-hydrogen) atoms. The Morgan fingerprint density at radius 3 is 2.25 bits per heavy atom. The second-order valence-electron chi connectivity index (χ2n) is 2.22. The van der Waals surface area contributed by atoms with Crippen LogP contribution in [0.15, 0.2) is 11.6 Å². The summed E-state index contributed by atoms with van der Waals surface area (Å²) in [6, 6.07) is 0. The summed E-state index contributed by atoms with van der Waals surface area (Å²) < 4.78 is 20.7. The molecule has 0 bridgehead atoms. The van der Waals surface area contributed by atoms with Gasteiger partial charge in [-0.25, -0.2) is 0 Å². The maximum absolute atomic E-state index is 11.4. The normalized spacial score (nSPS) is 13.1. The minimum absolute atomic E-state index is 0.130. The van der Waals surface area contributed by atoms with Crippen LogP contribution in [-0.4, -0.2) is 26.7 Å². The lowest BCUT2D eigenvalue weighted by molar-refractivity contribution is -0.104. The van der Waals surface area contributed by atoms with Gasteiger partial charge in [-0.2, -0.15) is 0 Å². The molecule has 0 amide bonds. The Balaban J connectivity index is 4.23. The molecule has 0 saturated carbocycles. The predicted molar refractivity (Wildman–Crippen MR) is 46.3 cm³/mol. The van der Waals surface area contributed by atoms with E-state index in [4.69, 9.17) is 0 Å². The maximum Gasteiger partial charge on any atom is 0.333 e. The van der Waals surface area contributed by atoms with Crippen LogP contribution in [0.3, 0.4) is 0 Å². The summed E-state index contributed by atoms with van der Waals surface area (Å²) in [5, 5.41) is 0. The van der Waals surface area contributed by atoms with Gasteiger partial charge in [0.2, 0.25) is 0 Å². The zero-order chi connectivity index (χ0) is 9.61. The van der Waals surface area contributed by atoms with Gasteiger partial charge in [-0.15, -0.1) is 0 Å². The van der Waals surface area contributed by atoms with Gasteiger partial charge in [0, 0.05) is 14.2 Å². The van der Waals surface area contributed by atoms with Crippen molar-refractivity contribution in [3.05, 3.63) is 11.6 Å². The molecular formula is C7H13O4P. The molecule has 0 fully saturated rings. The Kier molecular flexibility index (Phi) is 5.06. The molecule has 0 aliphatic carbocycles. The van der Waals surface area contributed by atoms with Gasteiger partial charge in [0.05, 0.1) is 6.16 Å². The van der Waals surface area contributed by atoms with Crippen molar-refractivity contribution in [2.75, 3.05) is 20.4 Å². The van der Waals surface area contributed by atoms with Gasteiger partial charge in [-0.1, -0.05) is 6.08 Å². The molecule has 4 nitrogen and oxygen atoms in total. The van der Waals surface area contributed by atoms with E-state index in [9.17, 15) is 9.36 Å². The zero-order valence-electron chi connectivity index (χ0n) is 7.44. The van der Waals surface area contributed by atoms with Crippen LogP contribution in [-0.2, 0) is 18.4 Å². The highest BCUT2D eigenvalue weighted by molar-refractivity contribution is 7.54. The fourth-order valence-corrected chi connectivity index (χ4v) is 1.49. The van der Waals surface area contributed by atoms with E-state index in [1.807, 2.05) is 0 Å². The van der Waals surface area contributed by atoms with Gasteiger partial charge in [0.25, 0.3) is 0 Å². The average Bonchev–Trinajstić information content (AvgIpc) is 2.13. The number of allylic oxidation sites excluding steroid dienone is 2. The minimum Gasteiger partial charge on any atom is -0.312 e. The summed E-state index contributed by atoms with van der Waals surface area (Å²) in [4.78, 5) is 10.2. The van der Waals surface area contributed by atoms with Crippen molar-refractivity contribution >= 4 is 13.9 Å². The number of rotatable bonds is 5. The first-order chi connectivity index (χ1) is 5.58. The molecule has 0 aromatic carbocycles. The van der Waals surface area contributed by atoms with Crippen LogP contribution in [0.2, 0.25) is 0 Å². The first kappa shape index (κ1) is 11.6. The molecule has 0 N–H and O–H groups in total. The third-order valence-electron chi connectivity index (χ3n) is 1.38. The van der Waals surface area contributed by atoms with Crippen molar-refractivity contribution in [1.82, 2.24) is 0 Å². The smallest absolute Gasteiger partial charge is 0.312 e. The fraction of sp³-hybridized carbons (Fsp3) is 0.571. The highest BCUT2D eigenvalue weighted by Gasteiger charge is 2.18. The molecular weight excluding hydrogens is 179 g/mol.